The number of hydrogen-bond donors (Lipinski definition) is 1. The Hall–Kier alpha value is -1.22. The zero-order valence-corrected chi connectivity index (χ0v) is 17.6. The van der Waals surface area contributed by atoms with E-state index in [4.69, 9.17) is 39.5 Å². The lowest BCUT2D eigenvalue weighted by Crippen LogP contribution is -2.45. The Balaban J connectivity index is 1.88. The van der Waals surface area contributed by atoms with Crippen LogP contribution < -0.4 is 10.1 Å². The van der Waals surface area contributed by atoms with Crippen LogP contribution in [0.1, 0.15) is 13.3 Å². The van der Waals surface area contributed by atoms with Gasteiger partial charge in [0.1, 0.15) is 5.75 Å². The third-order valence-electron chi connectivity index (χ3n) is 3.99. The highest BCUT2D eigenvalue weighted by Crippen LogP contribution is 2.33. The minimum absolute atomic E-state index is 0.0621. The summed E-state index contributed by atoms with van der Waals surface area (Å²) < 4.78 is 28.3. The first-order chi connectivity index (χ1) is 12.6. The highest BCUT2D eigenvalue weighted by Gasteiger charge is 2.29. The summed E-state index contributed by atoms with van der Waals surface area (Å²) >= 11 is 17.7. The van der Waals surface area contributed by atoms with Crippen molar-refractivity contribution in [3.8, 4) is 5.75 Å². The van der Waals surface area contributed by atoms with Gasteiger partial charge in [-0.05, 0) is 19.4 Å². The molecule has 1 aromatic rings. The molecule has 0 unspecified atom stereocenters. The Bertz CT molecular complexity index is 832. The molecule has 0 aliphatic carbocycles. The summed E-state index contributed by atoms with van der Waals surface area (Å²) in [7, 11) is -3.09. The first kappa shape index (κ1) is 22.1. The van der Waals surface area contributed by atoms with Crippen molar-refractivity contribution in [2.75, 3.05) is 31.2 Å². The van der Waals surface area contributed by atoms with Crippen LogP contribution in [0.5, 0.6) is 5.75 Å². The van der Waals surface area contributed by atoms with E-state index in [1.54, 1.807) is 6.92 Å². The number of nitrogens with zero attached hydrogens (tertiary/aromatic N) is 1. The van der Waals surface area contributed by atoms with Crippen LogP contribution >= 0.6 is 34.8 Å². The third-order valence-corrected chi connectivity index (χ3v) is 6.78. The molecule has 1 N–H and O–H groups in total. The van der Waals surface area contributed by atoms with Crippen molar-refractivity contribution in [3.63, 3.8) is 0 Å². The predicted octanol–water partition coefficient (Wildman–Crippen LogP) is 2.18. The van der Waals surface area contributed by atoms with Gasteiger partial charge < -0.3 is 15.0 Å². The summed E-state index contributed by atoms with van der Waals surface area (Å²) in [6.45, 7) is 1.48. The molecule has 0 spiro atoms. The van der Waals surface area contributed by atoms with Gasteiger partial charge in [-0.1, -0.05) is 34.8 Å². The number of rotatable bonds is 7. The van der Waals surface area contributed by atoms with Crippen molar-refractivity contribution in [3.05, 3.63) is 27.2 Å². The van der Waals surface area contributed by atoms with Crippen molar-refractivity contribution >= 4 is 56.5 Å². The maximum absolute atomic E-state index is 12.3. The maximum atomic E-state index is 12.3. The Labute approximate surface area is 172 Å². The molecule has 1 aliphatic rings. The van der Waals surface area contributed by atoms with Crippen molar-refractivity contribution in [2.45, 2.75) is 19.4 Å². The lowest BCUT2D eigenvalue weighted by molar-refractivity contribution is -0.137. The number of hydrogen-bond acceptors (Lipinski definition) is 5. The number of carbonyl (C=O) groups is 2. The number of amides is 2. The molecule has 0 aromatic heterocycles. The molecule has 0 radical (unpaired) electrons. The van der Waals surface area contributed by atoms with Crippen molar-refractivity contribution < 1.29 is 22.7 Å². The number of likely N-dealkylation sites (N-methyl/N-ethyl adjacent to an activating group) is 1. The lowest BCUT2D eigenvalue weighted by Gasteiger charge is -2.21. The average Bonchev–Trinajstić information content (AvgIpc) is 2.92. The second-order valence-electron chi connectivity index (χ2n) is 6.06. The number of nitrogens with one attached hydrogen (secondary N) is 1. The molecule has 2 rings (SSSR count). The summed E-state index contributed by atoms with van der Waals surface area (Å²) in [5.41, 5.74) is 0. The molecular formula is C16H19Cl3N2O5S. The summed E-state index contributed by atoms with van der Waals surface area (Å²) in [4.78, 5) is 25.7. The molecule has 7 nitrogen and oxygen atoms in total. The molecule has 150 valence electrons. The topological polar surface area (TPSA) is 92.8 Å². The van der Waals surface area contributed by atoms with Gasteiger partial charge in [-0.3, -0.25) is 9.59 Å². The first-order valence-electron chi connectivity index (χ1n) is 8.16. The number of halogens is 3. The molecule has 11 heteroatoms. The molecular weight excluding hydrogens is 439 g/mol. The van der Waals surface area contributed by atoms with E-state index < -0.39 is 27.7 Å². The van der Waals surface area contributed by atoms with E-state index in [0.717, 1.165) is 0 Å². The van der Waals surface area contributed by atoms with Crippen LogP contribution in [0.2, 0.25) is 15.1 Å². The highest BCUT2D eigenvalue weighted by atomic mass is 35.5. The van der Waals surface area contributed by atoms with Crippen LogP contribution in [0.4, 0.5) is 0 Å². The summed E-state index contributed by atoms with van der Waals surface area (Å²) in [5, 5.41) is 3.36. The second-order valence-corrected chi connectivity index (χ2v) is 9.51. The SMILES string of the molecule is CCN(CC(=O)N[C@@H]1CCS(=O)(=O)C1)C(=O)COc1cc(Cl)c(Cl)cc1Cl. The average molecular weight is 458 g/mol. The second kappa shape index (κ2) is 9.32. The van der Waals surface area contributed by atoms with Crippen molar-refractivity contribution in [1.29, 1.82) is 0 Å². The Morgan fingerprint density at radius 3 is 2.48 bits per heavy atom. The molecule has 1 aromatic carbocycles. The Morgan fingerprint density at radius 1 is 1.22 bits per heavy atom. The quantitative estimate of drug-likeness (QED) is 0.634. The summed E-state index contributed by atoms with van der Waals surface area (Å²) in [6.07, 6.45) is 0.382. The summed E-state index contributed by atoms with van der Waals surface area (Å²) in [5.74, 6) is -0.644. The molecule has 0 bridgehead atoms. The standard InChI is InChI=1S/C16H19Cl3N2O5S/c1-2-21(7-15(22)20-10-3-4-27(24,25)9-10)16(23)8-26-14-6-12(18)11(17)5-13(14)19/h5-6,10H,2-4,7-9H2,1H3,(H,20,22)/t10-/m1/s1. The first-order valence-corrected chi connectivity index (χ1v) is 11.1. The van der Waals surface area contributed by atoms with E-state index in [2.05, 4.69) is 5.32 Å². The monoisotopic (exact) mass is 456 g/mol. The van der Waals surface area contributed by atoms with Gasteiger partial charge in [0.05, 0.1) is 33.1 Å². The normalized spacial score (nSPS) is 18.1. The van der Waals surface area contributed by atoms with Gasteiger partial charge in [-0.2, -0.15) is 0 Å². The van der Waals surface area contributed by atoms with Gasteiger partial charge in [0.25, 0.3) is 5.91 Å². The van der Waals surface area contributed by atoms with E-state index in [1.807, 2.05) is 0 Å². The third kappa shape index (κ3) is 6.41. The van der Waals surface area contributed by atoms with Crippen molar-refractivity contribution in [2.24, 2.45) is 0 Å². The fourth-order valence-electron chi connectivity index (χ4n) is 2.58. The number of benzene rings is 1. The van der Waals surface area contributed by atoms with Crippen LogP contribution in [0.15, 0.2) is 12.1 Å². The van der Waals surface area contributed by atoms with Crippen molar-refractivity contribution in [1.82, 2.24) is 10.2 Å². The van der Waals surface area contributed by atoms with Gasteiger partial charge in [0, 0.05) is 18.7 Å². The molecule has 0 saturated carbocycles. The lowest BCUT2D eigenvalue weighted by atomic mass is 10.2. The van der Waals surface area contributed by atoms with Crippen LogP contribution in [-0.2, 0) is 19.4 Å². The van der Waals surface area contributed by atoms with Crippen LogP contribution in [0.3, 0.4) is 0 Å². The number of ether oxygens (including phenoxy) is 1. The number of sulfone groups is 1. The highest BCUT2D eigenvalue weighted by molar-refractivity contribution is 7.91. The zero-order chi connectivity index (χ0) is 20.2. The van der Waals surface area contributed by atoms with Gasteiger partial charge in [0.2, 0.25) is 5.91 Å². The van der Waals surface area contributed by atoms with E-state index >= 15 is 0 Å². The van der Waals surface area contributed by atoms with Gasteiger partial charge in [-0.15, -0.1) is 0 Å². The predicted molar refractivity (Wildman–Crippen MR) is 104 cm³/mol. The molecule has 2 amide bonds. The van der Waals surface area contributed by atoms with E-state index in [9.17, 15) is 18.0 Å². The minimum Gasteiger partial charge on any atom is -0.482 e. The van der Waals surface area contributed by atoms with Crippen LogP contribution in [-0.4, -0.2) is 62.4 Å². The van der Waals surface area contributed by atoms with Gasteiger partial charge in [0.15, 0.2) is 16.4 Å². The van der Waals surface area contributed by atoms with E-state index in [-0.39, 0.29) is 52.0 Å². The number of carbonyl (C=O) groups excluding carboxylic acids is 2. The molecule has 27 heavy (non-hydrogen) atoms. The van der Waals surface area contributed by atoms with E-state index in [1.165, 1.54) is 17.0 Å². The van der Waals surface area contributed by atoms with E-state index in [0.29, 0.717) is 6.42 Å². The zero-order valence-electron chi connectivity index (χ0n) is 14.5. The molecule has 1 heterocycles. The molecule has 1 saturated heterocycles. The van der Waals surface area contributed by atoms with Crippen LogP contribution in [0, 0.1) is 0 Å². The minimum atomic E-state index is -3.09. The molecule has 1 aliphatic heterocycles. The summed E-state index contributed by atoms with van der Waals surface area (Å²) in [6, 6.07) is 2.40. The smallest absolute Gasteiger partial charge is 0.260 e. The van der Waals surface area contributed by atoms with Gasteiger partial charge in [-0.25, -0.2) is 8.42 Å². The maximum Gasteiger partial charge on any atom is 0.260 e. The molecule has 1 fully saturated rings. The fourth-order valence-corrected chi connectivity index (χ4v) is 4.84. The Kier molecular flexibility index (Phi) is 7.62. The fraction of sp³-hybridized carbons (Fsp3) is 0.500. The Morgan fingerprint density at radius 2 is 1.89 bits per heavy atom. The molecule has 1 atom stereocenters. The van der Waals surface area contributed by atoms with Gasteiger partial charge >= 0.3 is 0 Å². The van der Waals surface area contributed by atoms with Crippen LogP contribution in [0.25, 0.3) is 0 Å². The largest absolute Gasteiger partial charge is 0.482 e.